The molecule has 0 aliphatic heterocycles. The van der Waals surface area contributed by atoms with Gasteiger partial charge in [0.2, 0.25) is 0 Å². The van der Waals surface area contributed by atoms with Gasteiger partial charge in [-0.1, -0.05) is 33.1 Å². The molecule has 0 saturated heterocycles. The van der Waals surface area contributed by atoms with Gasteiger partial charge in [0.1, 0.15) is 6.10 Å². The normalized spacial score (nSPS) is 17.3. The van der Waals surface area contributed by atoms with Crippen LogP contribution in [0.3, 0.4) is 0 Å². The number of carbonyl (C=O) groups is 1. The number of halogens is 4. The van der Waals surface area contributed by atoms with E-state index in [0.29, 0.717) is 6.42 Å². The molecular weight excluding hydrogens is 252 g/mol. The van der Waals surface area contributed by atoms with Gasteiger partial charge in [0, 0.05) is 6.42 Å². The number of aliphatic hydroxyl groups excluding tert-OH is 1. The van der Waals surface area contributed by atoms with Crippen LogP contribution < -0.4 is 0 Å². The predicted molar refractivity (Wildman–Crippen MR) is 60.0 cm³/mol. The maximum atomic E-state index is 13.9. The number of rotatable bonds is 8. The highest BCUT2D eigenvalue weighted by atomic mass is 19.4. The first-order valence-electron chi connectivity index (χ1n) is 6.18. The van der Waals surface area contributed by atoms with Crippen LogP contribution in [-0.4, -0.2) is 28.8 Å². The van der Waals surface area contributed by atoms with E-state index in [-0.39, 0.29) is 6.42 Å². The summed E-state index contributed by atoms with van der Waals surface area (Å²) in [6, 6.07) is 0. The first-order valence-corrected chi connectivity index (χ1v) is 6.18. The number of aliphatic hydroxyl groups is 1. The molecule has 0 spiro atoms. The van der Waals surface area contributed by atoms with Gasteiger partial charge in [-0.3, -0.25) is 4.79 Å². The van der Waals surface area contributed by atoms with Crippen molar-refractivity contribution in [3.05, 3.63) is 0 Å². The molecule has 0 amide bonds. The van der Waals surface area contributed by atoms with Gasteiger partial charge in [-0.05, 0) is 12.8 Å². The molecule has 0 heterocycles. The summed E-state index contributed by atoms with van der Waals surface area (Å²) >= 11 is 0. The van der Waals surface area contributed by atoms with Gasteiger partial charge < -0.3 is 5.11 Å². The number of hydrogen-bond donors (Lipinski definition) is 1. The third-order valence-corrected chi connectivity index (χ3v) is 2.92. The summed E-state index contributed by atoms with van der Waals surface area (Å²) in [5.74, 6) is -1.57. The maximum Gasteiger partial charge on any atom is 0.432 e. The Bertz CT molecular complexity index is 265. The monoisotopic (exact) mass is 272 g/mol. The predicted octanol–water partition coefficient (Wildman–Crippen LogP) is 3.57. The lowest BCUT2D eigenvalue weighted by Gasteiger charge is -2.30. The number of hydrogen-bond acceptors (Lipinski definition) is 2. The van der Waals surface area contributed by atoms with Crippen LogP contribution in [0.5, 0.6) is 0 Å². The van der Waals surface area contributed by atoms with E-state index < -0.39 is 36.6 Å². The van der Waals surface area contributed by atoms with Crippen LogP contribution >= 0.6 is 0 Å². The Morgan fingerprint density at radius 1 is 1.11 bits per heavy atom. The zero-order chi connectivity index (χ0) is 14.4. The van der Waals surface area contributed by atoms with Crippen LogP contribution in [0, 0.1) is 0 Å². The second-order valence-corrected chi connectivity index (χ2v) is 4.37. The van der Waals surface area contributed by atoms with Gasteiger partial charge in [0.05, 0.1) is 0 Å². The summed E-state index contributed by atoms with van der Waals surface area (Å²) in [7, 11) is 0. The molecule has 0 radical (unpaired) electrons. The SMILES string of the molecule is CCCCCCC(=O)C(F)(C(O)CC)C(F)(F)F. The smallest absolute Gasteiger partial charge is 0.389 e. The van der Waals surface area contributed by atoms with Gasteiger partial charge in [0.25, 0.3) is 5.67 Å². The first-order chi connectivity index (χ1) is 8.21. The molecule has 2 atom stereocenters. The second-order valence-electron chi connectivity index (χ2n) is 4.37. The molecule has 0 saturated carbocycles. The van der Waals surface area contributed by atoms with Crippen molar-refractivity contribution in [3.63, 3.8) is 0 Å². The minimum absolute atomic E-state index is 0.213. The highest BCUT2D eigenvalue weighted by Gasteiger charge is 2.64. The number of carbonyl (C=O) groups excluding carboxylic acids is 1. The van der Waals surface area contributed by atoms with E-state index in [9.17, 15) is 22.4 Å². The zero-order valence-corrected chi connectivity index (χ0v) is 10.7. The van der Waals surface area contributed by atoms with Crippen molar-refractivity contribution < 1.29 is 27.5 Å². The van der Waals surface area contributed by atoms with Gasteiger partial charge in [-0.2, -0.15) is 13.2 Å². The molecule has 0 fully saturated rings. The highest BCUT2D eigenvalue weighted by Crippen LogP contribution is 2.39. The molecule has 0 aromatic carbocycles. The summed E-state index contributed by atoms with van der Waals surface area (Å²) in [5.41, 5.74) is -4.13. The van der Waals surface area contributed by atoms with Crippen LogP contribution in [0.25, 0.3) is 0 Å². The Morgan fingerprint density at radius 3 is 2.06 bits per heavy atom. The third kappa shape index (κ3) is 3.93. The summed E-state index contributed by atoms with van der Waals surface area (Å²) in [6.45, 7) is 3.12. The summed E-state index contributed by atoms with van der Waals surface area (Å²) in [4.78, 5) is 11.4. The van der Waals surface area contributed by atoms with E-state index in [0.717, 1.165) is 12.8 Å². The van der Waals surface area contributed by atoms with Crippen molar-refractivity contribution in [2.75, 3.05) is 0 Å². The van der Waals surface area contributed by atoms with E-state index in [2.05, 4.69) is 0 Å². The van der Waals surface area contributed by atoms with E-state index in [1.807, 2.05) is 6.92 Å². The quantitative estimate of drug-likeness (QED) is 0.542. The van der Waals surface area contributed by atoms with Gasteiger partial charge in [0.15, 0.2) is 5.78 Å². The van der Waals surface area contributed by atoms with Crippen LogP contribution in [0.15, 0.2) is 0 Å². The Morgan fingerprint density at radius 2 is 1.67 bits per heavy atom. The van der Waals surface area contributed by atoms with Gasteiger partial charge in [-0.25, -0.2) is 4.39 Å². The molecular formula is C12H20F4O2. The van der Waals surface area contributed by atoms with E-state index in [4.69, 9.17) is 5.11 Å². The standard InChI is InChI=1S/C12H20F4O2/c1-3-5-6-7-8-10(18)11(13,9(17)4-2)12(14,15)16/h9,17H,3-8H2,1-2H3. The van der Waals surface area contributed by atoms with Gasteiger partial charge >= 0.3 is 6.18 Å². The van der Waals surface area contributed by atoms with Crippen LogP contribution in [-0.2, 0) is 4.79 Å². The summed E-state index contributed by atoms with van der Waals surface area (Å²) in [6.07, 6.45) is -6.21. The fraction of sp³-hybridized carbons (Fsp3) is 0.917. The Hall–Kier alpha value is -0.650. The first kappa shape index (κ1) is 17.4. The van der Waals surface area contributed by atoms with Crippen LogP contribution in [0.4, 0.5) is 17.6 Å². The van der Waals surface area contributed by atoms with E-state index in [1.165, 1.54) is 6.92 Å². The third-order valence-electron chi connectivity index (χ3n) is 2.92. The molecule has 2 unspecified atom stereocenters. The van der Waals surface area contributed by atoms with Gasteiger partial charge in [-0.15, -0.1) is 0 Å². The van der Waals surface area contributed by atoms with Crippen molar-refractivity contribution in [1.82, 2.24) is 0 Å². The summed E-state index contributed by atoms with van der Waals surface area (Å²) in [5, 5.41) is 9.17. The molecule has 2 nitrogen and oxygen atoms in total. The average molecular weight is 272 g/mol. The molecule has 18 heavy (non-hydrogen) atoms. The summed E-state index contributed by atoms with van der Waals surface area (Å²) < 4.78 is 51.7. The molecule has 0 aliphatic rings. The van der Waals surface area contributed by atoms with E-state index >= 15 is 0 Å². The lowest BCUT2D eigenvalue weighted by Crippen LogP contribution is -2.56. The Kier molecular flexibility index (Phi) is 6.81. The minimum Gasteiger partial charge on any atom is -0.389 e. The second kappa shape index (κ2) is 7.07. The fourth-order valence-corrected chi connectivity index (χ4v) is 1.71. The van der Waals surface area contributed by atoms with Crippen molar-refractivity contribution in [1.29, 1.82) is 0 Å². The molecule has 6 heteroatoms. The molecule has 0 bridgehead atoms. The van der Waals surface area contributed by atoms with Crippen LogP contribution in [0.2, 0.25) is 0 Å². The molecule has 0 aliphatic carbocycles. The van der Waals surface area contributed by atoms with Crippen molar-refractivity contribution in [2.45, 2.75) is 70.3 Å². The lowest BCUT2D eigenvalue weighted by atomic mass is 9.88. The van der Waals surface area contributed by atoms with Crippen molar-refractivity contribution >= 4 is 5.78 Å². The largest absolute Gasteiger partial charge is 0.432 e. The minimum atomic E-state index is -5.37. The number of ketones is 1. The Balaban J connectivity index is 4.73. The molecule has 0 aromatic rings. The molecule has 0 rings (SSSR count). The van der Waals surface area contributed by atoms with Crippen molar-refractivity contribution in [3.8, 4) is 0 Å². The lowest BCUT2D eigenvalue weighted by molar-refractivity contribution is -0.250. The maximum absolute atomic E-state index is 13.9. The van der Waals surface area contributed by atoms with E-state index in [1.54, 1.807) is 0 Å². The van der Waals surface area contributed by atoms with Crippen molar-refractivity contribution in [2.24, 2.45) is 0 Å². The number of unbranched alkanes of at least 4 members (excludes halogenated alkanes) is 3. The topological polar surface area (TPSA) is 37.3 Å². The number of Topliss-reactive ketones (excluding diaryl/α,β-unsaturated/α-hetero) is 1. The molecule has 1 N–H and O–H groups in total. The Labute approximate surface area is 104 Å². The van der Waals surface area contributed by atoms with Crippen LogP contribution in [0.1, 0.15) is 52.4 Å². The molecule has 0 aromatic heterocycles. The average Bonchev–Trinajstić information content (AvgIpc) is 2.30. The number of alkyl halides is 4. The fourth-order valence-electron chi connectivity index (χ4n) is 1.71. The molecule has 108 valence electrons. The zero-order valence-electron chi connectivity index (χ0n) is 10.7. The highest BCUT2D eigenvalue weighted by molar-refractivity contribution is 5.88.